The molecule has 98 valence electrons. The van der Waals surface area contributed by atoms with E-state index >= 15 is 0 Å². The first kappa shape index (κ1) is 14.4. The summed E-state index contributed by atoms with van der Waals surface area (Å²) in [6.45, 7) is 2.30. The molecule has 0 heterocycles. The standard InChI is InChI=1S/C12H16N2O3S/c1-2-7-17-12(16)14-9-5-3-4-6-10(9)18-8-11(13)15/h3-6H,2,7-8H2,1H3,(H2,13,15)(H,14,16). The minimum absolute atomic E-state index is 0.169. The van der Waals surface area contributed by atoms with E-state index in [1.54, 1.807) is 12.1 Å². The number of rotatable bonds is 6. The Balaban J connectivity index is 2.63. The van der Waals surface area contributed by atoms with E-state index in [0.29, 0.717) is 12.3 Å². The van der Waals surface area contributed by atoms with Crippen molar-refractivity contribution in [1.29, 1.82) is 0 Å². The second-order valence-electron chi connectivity index (χ2n) is 3.51. The van der Waals surface area contributed by atoms with Crippen LogP contribution < -0.4 is 11.1 Å². The van der Waals surface area contributed by atoms with Crippen LogP contribution in [0.2, 0.25) is 0 Å². The van der Waals surface area contributed by atoms with Gasteiger partial charge in [-0.3, -0.25) is 10.1 Å². The molecular formula is C12H16N2O3S. The number of hydrogen-bond acceptors (Lipinski definition) is 4. The lowest BCUT2D eigenvalue weighted by molar-refractivity contribution is -0.115. The van der Waals surface area contributed by atoms with E-state index in [1.165, 1.54) is 11.8 Å². The first-order valence-electron chi connectivity index (χ1n) is 5.57. The molecule has 2 amide bonds. The Bertz CT molecular complexity index is 424. The van der Waals surface area contributed by atoms with E-state index in [2.05, 4.69) is 5.32 Å². The highest BCUT2D eigenvalue weighted by molar-refractivity contribution is 8.00. The third-order valence-electron chi connectivity index (χ3n) is 1.93. The molecule has 1 rings (SSSR count). The summed E-state index contributed by atoms with van der Waals surface area (Å²) in [4.78, 5) is 22.9. The van der Waals surface area contributed by atoms with E-state index in [-0.39, 0.29) is 5.75 Å². The second kappa shape index (κ2) is 7.60. The SMILES string of the molecule is CCCOC(=O)Nc1ccccc1SCC(N)=O. The molecule has 0 bridgehead atoms. The number of carbonyl (C=O) groups is 2. The lowest BCUT2D eigenvalue weighted by Gasteiger charge is -2.10. The Hall–Kier alpha value is -1.69. The summed E-state index contributed by atoms with van der Waals surface area (Å²) in [6, 6.07) is 7.18. The zero-order chi connectivity index (χ0) is 13.4. The number of benzene rings is 1. The summed E-state index contributed by atoms with van der Waals surface area (Å²) in [5.41, 5.74) is 5.70. The Labute approximate surface area is 110 Å². The van der Waals surface area contributed by atoms with Crippen molar-refractivity contribution in [3.05, 3.63) is 24.3 Å². The smallest absolute Gasteiger partial charge is 0.411 e. The largest absolute Gasteiger partial charge is 0.449 e. The highest BCUT2D eigenvalue weighted by Gasteiger charge is 2.08. The fraction of sp³-hybridized carbons (Fsp3) is 0.333. The van der Waals surface area contributed by atoms with Crippen molar-refractivity contribution in [3.8, 4) is 0 Å². The average Bonchev–Trinajstić information content (AvgIpc) is 2.35. The number of nitrogens with one attached hydrogen (secondary N) is 1. The van der Waals surface area contributed by atoms with E-state index in [0.717, 1.165) is 11.3 Å². The van der Waals surface area contributed by atoms with Crippen molar-refractivity contribution in [3.63, 3.8) is 0 Å². The lowest BCUT2D eigenvalue weighted by atomic mass is 10.3. The van der Waals surface area contributed by atoms with E-state index in [9.17, 15) is 9.59 Å². The third-order valence-corrected chi connectivity index (χ3v) is 3.03. The van der Waals surface area contributed by atoms with Gasteiger partial charge in [-0.1, -0.05) is 19.1 Å². The molecule has 0 aliphatic heterocycles. The molecule has 0 spiro atoms. The van der Waals surface area contributed by atoms with Gasteiger partial charge >= 0.3 is 6.09 Å². The van der Waals surface area contributed by atoms with Crippen LogP contribution in [-0.2, 0) is 9.53 Å². The maximum Gasteiger partial charge on any atom is 0.411 e. The summed E-state index contributed by atoms with van der Waals surface area (Å²) < 4.78 is 4.92. The van der Waals surface area contributed by atoms with Crippen molar-refractivity contribution >= 4 is 29.4 Å². The highest BCUT2D eigenvalue weighted by atomic mass is 32.2. The van der Waals surface area contributed by atoms with Gasteiger partial charge in [-0.15, -0.1) is 11.8 Å². The number of anilines is 1. The normalized spacial score (nSPS) is 9.83. The van der Waals surface area contributed by atoms with Crippen LogP contribution in [0.5, 0.6) is 0 Å². The van der Waals surface area contributed by atoms with Crippen molar-refractivity contribution in [2.45, 2.75) is 18.2 Å². The quantitative estimate of drug-likeness (QED) is 0.775. The van der Waals surface area contributed by atoms with Crippen molar-refractivity contribution in [1.82, 2.24) is 0 Å². The first-order chi connectivity index (χ1) is 8.63. The summed E-state index contributed by atoms with van der Waals surface area (Å²) in [5.74, 6) is -0.230. The van der Waals surface area contributed by atoms with E-state index in [1.807, 2.05) is 19.1 Å². The number of carbonyl (C=O) groups excluding carboxylic acids is 2. The van der Waals surface area contributed by atoms with E-state index in [4.69, 9.17) is 10.5 Å². The Morgan fingerprint density at radius 3 is 2.78 bits per heavy atom. The molecule has 0 aliphatic rings. The number of nitrogens with two attached hydrogens (primary N) is 1. The highest BCUT2D eigenvalue weighted by Crippen LogP contribution is 2.26. The minimum Gasteiger partial charge on any atom is -0.449 e. The van der Waals surface area contributed by atoms with Crippen LogP contribution in [0.3, 0.4) is 0 Å². The molecular weight excluding hydrogens is 252 g/mol. The lowest BCUT2D eigenvalue weighted by Crippen LogP contribution is -2.15. The maximum absolute atomic E-state index is 11.4. The Morgan fingerprint density at radius 1 is 1.39 bits per heavy atom. The van der Waals surface area contributed by atoms with Crippen molar-refractivity contribution in [2.75, 3.05) is 17.7 Å². The summed E-state index contributed by atoms with van der Waals surface area (Å²) in [6.07, 6.45) is 0.273. The molecule has 6 heteroatoms. The predicted octanol–water partition coefficient (Wildman–Crippen LogP) is 2.22. The van der Waals surface area contributed by atoms with Gasteiger partial charge in [0, 0.05) is 4.90 Å². The summed E-state index contributed by atoms with van der Waals surface area (Å²) >= 11 is 1.28. The van der Waals surface area contributed by atoms with Crippen molar-refractivity contribution < 1.29 is 14.3 Å². The van der Waals surface area contributed by atoms with Gasteiger partial charge in [0.25, 0.3) is 0 Å². The maximum atomic E-state index is 11.4. The minimum atomic E-state index is -0.496. The average molecular weight is 268 g/mol. The van der Waals surface area contributed by atoms with Crippen LogP contribution in [0.4, 0.5) is 10.5 Å². The Morgan fingerprint density at radius 2 is 2.11 bits per heavy atom. The predicted molar refractivity (Wildman–Crippen MR) is 71.6 cm³/mol. The molecule has 3 N–H and O–H groups in total. The van der Waals surface area contributed by atoms with Crippen LogP contribution >= 0.6 is 11.8 Å². The summed E-state index contributed by atoms with van der Waals surface area (Å²) in [5, 5.41) is 2.63. The van der Waals surface area contributed by atoms with Crippen LogP contribution in [-0.4, -0.2) is 24.4 Å². The van der Waals surface area contributed by atoms with Crippen molar-refractivity contribution in [2.24, 2.45) is 5.73 Å². The van der Waals surface area contributed by atoms with Gasteiger partial charge in [0.05, 0.1) is 18.0 Å². The van der Waals surface area contributed by atoms with Crippen LogP contribution in [0.15, 0.2) is 29.2 Å². The van der Waals surface area contributed by atoms with Gasteiger partial charge in [-0.2, -0.15) is 0 Å². The second-order valence-corrected chi connectivity index (χ2v) is 4.53. The van der Waals surface area contributed by atoms with Gasteiger partial charge in [0.15, 0.2) is 0 Å². The number of ether oxygens (including phenoxy) is 1. The number of thioether (sulfide) groups is 1. The van der Waals surface area contributed by atoms with Crippen LogP contribution in [0.25, 0.3) is 0 Å². The molecule has 0 saturated carbocycles. The van der Waals surface area contributed by atoms with Gasteiger partial charge in [0.1, 0.15) is 0 Å². The van der Waals surface area contributed by atoms with Gasteiger partial charge in [-0.25, -0.2) is 4.79 Å². The molecule has 5 nitrogen and oxygen atoms in total. The Kier molecular flexibility index (Phi) is 6.07. The van der Waals surface area contributed by atoms with Gasteiger partial charge in [0.2, 0.25) is 5.91 Å². The molecule has 0 saturated heterocycles. The topological polar surface area (TPSA) is 81.4 Å². The molecule has 0 radical (unpaired) electrons. The van der Waals surface area contributed by atoms with Crippen LogP contribution in [0.1, 0.15) is 13.3 Å². The first-order valence-corrected chi connectivity index (χ1v) is 6.56. The monoisotopic (exact) mass is 268 g/mol. The molecule has 0 aromatic heterocycles. The third kappa shape index (κ3) is 5.09. The van der Waals surface area contributed by atoms with Gasteiger partial charge < -0.3 is 10.5 Å². The zero-order valence-electron chi connectivity index (χ0n) is 10.1. The molecule has 0 aliphatic carbocycles. The fourth-order valence-electron chi connectivity index (χ4n) is 1.19. The number of hydrogen-bond donors (Lipinski definition) is 2. The fourth-order valence-corrected chi connectivity index (χ4v) is 1.93. The molecule has 1 aromatic carbocycles. The summed E-state index contributed by atoms with van der Waals surface area (Å²) in [7, 11) is 0. The van der Waals surface area contributed by atoms with Crippen LogP contribution in [0, 0.1) is 0 Å². The van der Waals surface area contributed by atoms with E-state index < -0.39 is 12.0 Å². The zero-order valence-corrected chi connectivity index (χ0v) is 11.0. The number of amides is 2. The molecule has 18 heavy (non-hydrogen) atoms. The molecule has 0 unspecified atom stereocenters. The number of primary amides is 1. The molecule has 0 fully saturated rings. The van der Waals surface area contributed by atoms with Gasteiger partial charge in [-0.05, 0) is 18.6 Å². The number of para-hydroxylation sites is 1. The molecule has 1 aromatic rings. The molecule has 0 atom stereocenters.